The van der Waals surface area contributed by atoms with E-state index in [2.05, 4.69) is 4.99 Å². The van der Waals surface area contributed by atoms with Crippen molar-refractivity contribution in [2.45, 2.75) is 0 Å². The lowest BCUT2D eigenvalue weighted by Gasteiger charge is -1.97. The Bertz CT molecular complexity index is 392. The van der Waals surface area contributed by atoms with Crippen LogP contribution in [0.4, 0.5) is 0 Å². The third-order valence-corrected chi connectivity index (χ3v) is 3.02. The summed E-state index contributed by atoms with van der Waals surface area (Å²) in [6, 6.07) is 3.77. The maximum Gasteiger partial charge on any atom is 0.283 e. The maximum absolute atomic E-state index is 11.0. The van der Waals surface area contributed by atoms with Crippen LogP contribution in [0.5, 0.6) is 0 Å². The Morgan fingerprint density at radius 3 is 2.92 bits per heavy atom. The first kappa shape index (κ1) is 8.52. The van der Waals surface area contributed by atoms with E-state index in [9.17, 15) is 9.90 Å². The summed E-state index contributed by atoms with van der Waals surface area (Å²) in [7, 11) is 0. The Kier molecular flexibility index (Phi) is 2.20. The molecule has 13 heavy (non-hydrogen) atoms. The average Bonchev–Trinajstić information content (AvgIpc) is 2.63. The molecule has 0 saturated carbocycles. The molecule has 0 unspecified atom stereocenters. The molecule has 0 radical (unpaired) electrons. The van der Waals surface area contributed by atoms with Crippen LogP contribution in [0, 0.1) is 0 Å². The van der Waals surface area contributed by atoms with E-state index in [1.54, 1.807) is 6.08 Å². The molecule has 0 N–H and O–H groups in total. The molecule has 0 fully saturated rings. The van der Waals surface area contributed by atoms with Crippen LogP contribution in [-0.2, 0) is 4.79 Å². The van der Waals surface area contributed by atoms with Crippen LogP contribution < -0.4 is 5.11 Å². The highest BCUT2D eigenvalue weighted by Gasteiger charge is 2.15. The van der Waals surface area contributed by atoms with E-state index in [-0.39, 0.29) is 0 Å². The molecule has 1 aromatic rings. The fraction of sp³-hybridized carbons (Fsp3) is 0. The van der Waals surface area contributed by atoms with Crippen LogP contribution in [0.15, 0.2) is 27.4 Å². The van der Waals surface area contributed by atoms with Gasteiger partial charge in [0.05, 0.1) is 4.91 Å². The van der Waals surface area contributed by atoms with E-state index in [1.165, 1.54) is 11.3 Å². The number of hydrogen-bond acceptors (Lipinski definition) is 4. The zero-order valence-electron chi connectivity index (χ0n) is 6.39. The van der Waals surface area contributed by atoms with Crippen molar-refractivity contribution < 1.29 is 9.90 Å². The van der Waals surface area contributed by atoms with Crippen molar-refractivity contribution in [3.05, 3.63) is 27.3 Å². The first-order valence-electron chi connectivity index (χ1n) is 3.49. The number of thioether (sulfide) groups is 1. The molecule has 66 valence electrons. The number of nitrogens with zero attached hydrogens (tertiary/aromatic N) is 1. The number of aliphatic imine (C=N–C) groups is 1. The maximum atomic E-state index is 11.0. The second kappa shape index (κ2) is 3.35. The summed E-state index contributed by atoms with van der Waals surface area (Å²) in [5, 5.41) is 12.2. The van der Waals surface area contributed by atoms with E-state index in [0.29, 0.717) is 4.91 Å². The van der Waals surface area contributed by atoms with Crippen LogP contribution >= 0.6 is 23.1 Å². The molecule has 5 heteroatoms. The summed E-state index contributed by atoms with van der Waals surface area (Å²) in [5.74, 6) is -0.427. The molecule has 3 nitrogen and oxygen atoms in total. The van der Waals surface area contributed by atoms with Gasteiger partial charge in [-0.15, -0.1) is 11.3 Å². The summed E-state index contributed by atoms with van der Waals surface area (Å²) < 4.78 is 0. The van der Waals surface area contributed by atoms with Gasteiger partial charge >= 0.3 is 0 Å². The molecule has 0 aromatic carbocycles. The molecule has 0 atom stereocenters. The lowest BCUT2D eigenvalue weighted by Crippen LogP contribution is -2.08. The number of carbonyl (C=O) groups is 1. The zero-order chi connectivity index (χ0) is 9.26. The smallest absolute Gasteiger partial charge is 0.283 e. The molecule has 1 aliphatic rings. The van der Waals surface area contributed by atoms with Crippen molar-refractivity contribution in [1.29, 1.82) is 0 Å². The van der Waals surface area contributed by atoms with Gasteiger partial charge in [-0.05, 0) is 17.5 Å². The minimum atomic E-state index is -0.427. The molecule has 0 bridgehead atoms. The average molecular weight is 210 g/mol. The predicted molar refractivity (Wildman–Crippen MR) is 52.3 cm³/mol. The van der Waals surface area contributed by atoms with Gasteiger partial charge in [-0.2, -0.15) is 0 Å². The molecule has 2 rings (SSSR count). The van der Waals surface area contributed by atoms with Gasteiger partial charge in [0.1, 0.15) is 0 Å². The summed E-state index contributed by atoms with van der Waals surface area (Å²) >= 11 is 2.40. The number of rotatable bonds is 1. The number of hydrogen-bond donors (Lipinski definition) is 0. The Balaban J connectivity index is 2.25. The summed E-state index contributed by atoms with van der Waals surface area (Å²) in [5.41, 5.74) is 0. The largest absolute Gasteiger partial charge is 0.853 e. The number of carbonyl (C=O) groups excluding carboxylic acids is 1. The fourth-order valence-electron chi connectivity index (χ4n) is 0.892. The third kappa shape index (κ3) is 1.81. The monoisotopic (exact) mass is 210 g/mol. The molecule has 1 aliphatic heterocycles. The zero-order valence-corrected chi connectivity index (χ0v) is 8.02. The van der Waals surface area contributed by atoms with Crippen LogP contribution in [-0.4, -0.2) is 11.1 Å². The fourth-order valence-corrected chi connectivity index (χ4v) is 2.26. The predicted octanol–water partition coefficient (Wildman–Crippen LogP) is 1.08. The third-order valence-electron chi connectivity index (χ3n) is 1.42. The van der Waals surface area contributed by atoms with Gasteiger partial charge < -0.3 is 5.11 Å². The summed E-state index contributed by atoms with van der Waals surface area (Å²) in [4.78, 5) is 15.7. The molecular formula is C8H4NO2S2-. The van der Waals surface area contributed by atoms with Crippen LogP contribution in [0.3, 0.4) is 0 Å². The van der Waals surface area contributed by atoms with Crippen molar-refractivity contribution in [3.8, 4) is 0 Å². The van der Waals surface area contributed by atoms with Crippen molar-refractivity contribution in [2.75, 3.05) is 0 Å². The highest BCUT2D eigenvalue weighted by molar-refractivity contribution is 8.18. The van der Waals surface area contributed by atoms with E-state index in [4.69, 9.17) is 0 Å². The van der Waals surface area contributed by atoms with Gasteiger partial charge in [-0.3, -0.25) is 4.79 Å². The number of thiophene rings is 1. The highest BCUT2D eigenvalue weighted by Crippen LogP contribution is 2.27. The highest BCUT2D eigenvalue weighted by atomic mass is 32.2. The molecule has 1 amide bonds. The second-order valence-corrected chi connectivity index (χ2v) is 4.28. The summed E-state index contributed by atoms with van der Waals surface area (Å²) in [6.45, 7) is 0. The van der Waals surface area contributed by atoms with Gasteiger partial charge in [0.15, 0.2) is 0 Å². The Morgan fingerprint density at radius 1 is 1.54 bits per heavy atom. The quantitative estimate of drug-likeness (QED) is 0.652. The van der Waals surface area contributed by atoms with Crippen LogP contribution in [0.2, 0.25) is 0 Å². The van der Waals surface area contributed by atoms with E-state index >= 15 is 0 Å². The van der Waals surface area contributed by atoms with E-state index < -0.39 is 11.1 Å². The van der Waals surface area contributed by atoms with Crippen molar-refractivity contribution in [3.63, 3.8) is 0 Å². The SMILES string of the molecule is O=C1N=C([O-])S/C1=C/c1cccs1. The van der Waals surface area contributed by atoms with Crippen molar-refractivity contribution in [1.82, 2.24) is 0 Å². The molecule has 0 saturated heterocycles. The lowest BCUT2D eigenvalue weighted by molar-refractivity contribution is -0.205. The van der Waals surface area contributed by atoms with Gasteiger partial charge in [0, 0.05) is 10.1 Å². The number of amides is 1. The van der Waals surface area contributed by atoms with Gasteiger partial charge in [0.25, 0.3) is 5.91 Å². The van der Waals surface area contributed by atoms with Gasteiger partial charge in [0.2, 0.25) is 0 Å². The van der Waals surface area contributed by atoms with Crippen LogP contribution in [0.25, 0.3) is 6.08 Å². The Hall–Kier alpha value is -1.07. The van der Waals surface area contributed by atoms with Crippen molar-refractivity contribution >= 4 is 40.3 Å². The normalized spacial score (nSPS) is 19.5. The minimum absolute atomic E-state index is 0.410. The van der Waals surface area contributed by atoms with E-state index in [1.807, 2.05) is 17.5 Å². The first-order chi connectivity index (χ1) is 6.25. The molecule has 2 heterocycles. The van der Waals surface area contributed by atoms with Gasteiger partial charge in [-0.1, -0.05) is 17.8 Å². The molecule has 0 spiro atoms. The molecular weight excluding hydrogens is 206 g/mol. The second-order valence-electron chi connectivity index (χ2n) is 2.31. The Labute approximate surface area is 82.8 Å². The summed E-state index contributed by atoms with van der Waals surface area (Å²) in [6.07, 6.45) is 1.69. The van der Waals surface area contributed by atoms with Crippen molar-refractivity contribution in [2.24, 2.45) is 4.99 Å². The minimum Gasteiger partial charge on any atom is -0.853 e. The van der Waals surface area contributed by atoms with Gasteiger partial charge in [-0.25, -0.2) is 4.99 Å². The topological polar surface area (TPSA) is 52.5 Å². The standard InChI is InChI=1S/C8H5NO2S2/c10-7-6(13-8(11)9-7)4-5-2-1-3-12-5/h1-4H,(H,9,10,11)/p-1/b6-4+. The Morgan fingerprint density at radius 2 is 2.38 bits per heavy atom. The first-order valence-corrected chi connectivity index (χ1v) is 5.18. The molecule has 1 aromatic heterocycles. The lowest BCUT2D eigenvalue weighted by atomic mass is 10.4. The van der Waals surface area contributed by atoms with Crippen LogP contribution in [0.1, 0.15) is 4.88 Å². The molecule has 0 aliphatic carbocycles. The van der Waals surface area contributed by atoms with E-state index in [0.717, 1.165) is 16.6 Å².